The van der Waals surface area contributed by atoms with Crippen LogP contribution in [0.2, 0.25) is 0 Å². The van der Waals surface area contributed by atoms with Crippen LogP contribution in [0.25, 0.3) is 5.69 Å². The zero-order valence-corrected chi connectivity index (χ0v) is 17.3. The normalized spacial score (nSPS) is 16.2. The molecule has 1 aliphatic rings. The number of thioether (sulfide) groups is 2. The molecule has 150 valence electrons. The number of carbonyl (C=O) groups is 1. The van der Waals surface area contributed by atoms with Crippen molar-refractivity contribution < 1.29 is 13.9 Å². The summed E-state index contributed by atoms with van der Waals surface area (Å²) >= 11 is 2.90. The molecule has 2 heterocycles. The maximum atomic E-state index is 14.2. The Morgan fingerprint density at radius 2 is 2.07 bits per heavy atom. The van der Waals surface area contributed by atoms with Gasteiger partial charge in [0, 0.05) is 23.5 Å². The maximum Gasteiger partial charge on any atom is 0.234 e. The van der Waals surface area contributed by atoms with Crippen LogP contribution in [0.1, 0.15) is 10.9 Å². The Balaban J connectivity index is 1.45. The summed E-state index contributed by atoms with van der Waals surface area (Å²) < 4.78 is 21.2. The maximum absolute atomic E-state index is 14.2. The Morgan fingerprint density at radius 1 is 1.28 bits per heavy atom. The number of rotatable bonds is 6. The van der Waals surface area contributed by atoms with E-state index in [1.54, 1.807) is 48.3 Å². The van der Waals surface area contributed by atoms with Gasteiger partial charge in [-0.15, -0.1) is 22.0 Å². The first kappa shape index (κ1) is 19.8. The van der Waals surface area contributed by atoms with Crippen LogP contribution in [0, 0.1) is 5.82 Å². The van der Waals surface area contributed by atoms with E-state index in [1.807, 2.05) is 28.8 Å². The zero-order valence-electron chi connectivity index (χ0n) is 15.7. The number of hydrogen-bond acceptors (Lipinski definition) is 6. The summed E-state index contributed by atoms with van der Waals surface area (Å²) in [5.41, 5.74) is 1.43. The minimum absolute atomic E-state index is 0.0440. The Bertz CT molecular complexity index is 996. The molecule has 1 fully saturated rings. The van der Waals surface area contributed by atoms with Gasteiger partial charge in [0.1, 0.15) is 23.3 Å². The minimum atomic E-state index is -0.288. The summed E-state index contributed by atoms with van der Waals surface area (Å²) in [4.78, 5) is 14.6. The predicted octanol–water partition coefficient (Wildman–Crippen LogP) is 3.78. The van der Waals surface area contributed by atoms with Gasteiger partial charge >= 0.3 is 0 Å². The van der Waals surface area contributed by atoms with Crippen LogP contribution < -0.4 is 4.74 Å². The van der Waals surface area contributed by atoms with Crippen molar-refractivity contribution in [2.24, 2.45) is 0 Å². The third kappa shape index (κ3) is 4.25. The lowest BCUT2D eigenvalue weighted by Gasteiger charge is -2.24. The fourth-order valence-corrected chi connectivity index (χ4v) is 5.22. The number of halogens is 1. The first-order chi connectivity index (χ1) is 14.2. The molecule has 1 unspecified atom stereocenters. The third-order valence-corrected chi connectivity index (χ3v) is 6.74. The second kappa shape index (κ2) is 8.87. The van der Waals surface area contributed by atoms with Gasteiger partial charge in [-0.05, 0) is 30.3 Å². The zero-order chi connectivity index (χ0) is 20.2. The van der Waals surface area contributed by atoms with Gasteiger partial charge in [-0.25, -0.2) is 4.39 Å². The van der Waals surface area contributed by atoms with Crippen LogP contribution in [0.4, 0.5) is 4.39 Å². The van der Waals surface area contributed by atoms with Crippen LogP contribution in [0.15, 0.2) is 60.0 Å². The molecule has 4 rings (SSSR count). The van der Waals surface area contributed by atoms with Gasteiger partial charge in [0.2, 0.25) is 5.91 Å². The number of nitrogens with zero attached hydrogens (tertiary/aromatic N) is 4. The Hall–Kier alpha value is -2.52. The number of ether oxygens (including phenoxy) is 1. The number of benzene rings is 2. The first-order valence-electron chi connectivity index (χ1n) is 9.00. The second-order valence-electron chi connectivity index (χ2n) is 6.30. The summed E-state index contributed by atoms with van der Waals surface area (Å²) in [6, 6.07) is 14.1. The molecule has 1 atom stereocenters. The van der Waals surface area contributed by atoms with Crippen LogP contribution >= 0.6 is 23.5 Å². The molecule has 0 N–H and O–H groups in total. The van der Waals surface area contributed by atoms with Crippen molar-refractivity contribution in [3.8, 4) is 11.4 Å². The van der Waals surface area contributed by atoms with E-state index in [9.17, 15) is 9.18 Å². The van der Waals surface area contributed by atoms with Crippen molar-refractivity contribution in [2.75, 3.05) is 25.2 Å². The molecule has 6 nitrogen and oxygen atoms in total. The van der Waals surface area contributed by atoms with E-state index in [2.05, 4.69) is 10.2 Å². The van der Waals surface area contributed by atoms with E-state index in [0.717, 1.165) is 17.2 Å². The summed E-state index contributed by atoms with van der Waals surface area (Å²) in [6.45, 7) is 0.605. The highest BCUT2D eigenvalue weighted by molar-refractivity contribution is 8.00. The van der Waals surface area contributed by atoms with E-state index >= 15 is 0 Å². The molecule has 1 amide bonds. The van der Waals surface area contributed by atoms with Gasteiger partial charge in [-0.1, -0.05) is 30.0 Å². The average molecular weight is 431 g/mol. The van der Waals surface area contributed by atoms with Crippen molar-refractivity contribution >= 4 is 29.4 Å². The lowest BCUT2D eigenvalue weighted by Crippen LogP contribution is -2.32. The first-order valence-corrected chi connectivity index (χ1v) is 11.0. The van der Waals surface area contributed by atoms with Crippen molar-refractivity contribution in [1.29, 1.82) is 0 Å². The molecule has 0 radical (unpaired) electrons. The van der Waals surface area contributed by atoms with Crippen molar-refractivity contribution in [3.63, 3.8) is 0 Å². The standard InChI is InChI=1S/C20H19FN4O2S2/c1-27-15-8-6-14(7-9-15)25-13-22-23-20(25)29-12-18(26)24-10-11-28-19(24)16-4-2-3-5-17(16)21/h2-9,13,19H,10-12H2,1H3. The largest absolute Gasteiger partial charge is 0.497 e. The molecule has 1 aliphatic heterocycles. The smallest absolute Gasteiger partial charge is 0.234 e. The lowest BCUT2D eigenvalue weighted by atomic mass is 10.2. The fraction of sp³-hybridized carbons (Fsp3) is 0.250. The number of methoxy groups -OCH3 is 1. The summed E-state index contributed by atoms with van der Waals surface area (Å²) in [5.74, 6) is 1.43. The molecule has 2 aromatic carbocycles. The minimum Gasteiger partial charge on any atom is -0.497 e. The van der Waals surface area contributed by atoms with E-state index in [-0.39, 0.29) is 22.9 Å². The quantitative estimate of drug-likeness (QED) is 0.555. The van der Waals surface area contributed by atoms with Crippen LogP contribution in [-0.4, -0.2) is 50.7 Å². The Labute approximate surface area is 176 Å². The van der Waals surface area contributed by atoms with Gasteiger partial charge in [0.05, 0.1) is 12.9 Å². The van der Waals surface area contributed by atoms with Gasteiger partial charge in [-0.2, -0.15) is 0 Å². The van der Waals surface area contributed by atoms with E-state index in [0.29, 0.717) is 17.3 Å². The summed E-state index contributed by atoms with van der Waals surface area (Å²) in [6.07, 6.45) is 1.61. The van der Waals surface area contributed by atoms with Gasteiger partial charge < -0.3 is 9.64 Å². The Kier molecular flexibility index (Phi) is 6.05. The number of hydrogen-bond donors (Lipinski definition) is 0. The number of aromatic nitrogens is 3. The number of carbonyl (C=O) groups excluding carboxylic acids is 1. The second-order valence-corrected chi connectivity index (χ2v) is 8.43. The molecule has 0 aliphatic carbocycles. The predicted molar refractivity (Wildman–Crippen MR) is 112 cm³/mol. The molecule has 1 saturated heterocycles. The molecular formula is C20H19FN4O2S2. The molecule has 1 aromatic heterocycles. The van der Waals surface area contributed by atoms with Crippen LogP contribution in [-0.2, 0) is 4.79 Å². The molecule has 0 spiro atoms. The third-order valence-electron chi connectivity index (χ3n) is 4.57. The monoisotopic (exact) mass is 430 g/mol. The lowest BCUT2D eigenvalue weighted by molar-refractivity contribution is -0.128. The number of amides is 1. The molecule has 29 heavy (non-hydrogen) atoms. The fourth-order valence-electron chi connectivity index (χ4n) is 3.11. The van der Waals surface area contributed by atoms with E-state index in [1.165, 1.54) is 17.8 Å². The van der Waals surface area contributed by atoms with Crippen LogP contribution in [0.3, 0.4) is 0 Å². The summed E-state index contributed by atoms with van der Waals surface area (Å²) in [7, 11) is 1.62. The van der Waals surface area contributed by atoms with Crippen molar-refractivity contribution in [3.05, 3.63) is 66.2 Å². The SMILES string of the molecule is COc1ccc(-n2cnnc2SCC(=O)N2CCSC2c2ccccc2F)cc1. The van der Waals surface area contributed by atoms with Gasteiger partial charge in [-0.3, -0.25) is 9.36 Å². The van der Waals surface area contributed by atoms with Gasteiger partial charge in [0.15, 0.2) is 5.16 Å². The van der Waals surface area contributed by atoms with Crippen LogP contribution in [0.5, 0.6) is 5.75 Å². The summed E-state index contributed by atoms with van der Waals surface area (Å²) in [5, 5.41) is 8.44. The highest BCUT2D eigenvalue weighted by atomic mass is 32.2. The molecule has 9 heteroatoms. The molecular weight excluding hydrogens is 411 g/mol. The molecule has 0 bridgehead atoms. The molecule has 0 saturated carbocycles. The topological polar surface area (TPSA) is 60.2 Å². The van der Waals surface area contributed by atoms with E-state index < -0.39 is 0 Å². The van der Waals surface area contributed by atoms with Crippen molar-refractivity contribution in [2.45, 2.75) is 10.5 Å². The van der Waals surface area contributed by atoms with Crippen molar-refractivity contribution in [1.82, 2.24) is 19.7 Å². The highest BCUT2D eigenvalue weighted by Gasteiger charge is 2.32. The molecule has 3 aromatic rings. The van der Waals surface area contributed by atoms with E-state index in [4.69, 9.17) is 4.74 Å². The van der Waals surface area contributed by atoms with Gasteiger partial charge in [0.25, 0.3) is 0 Å². The Morgan fingerprint density at radius 3 is 2.83 bits per heavy atom. The average Bonchev–Trinajstić information content (AvgIpc) is 3.42. The highest BCUT2D eigenvalue weighted by Crippen LogP contribution is 2.39.